The molecule has 0 aromatic carbocycles. The predicted molar refractivity (Wildman–Crippen MR) is 74.1 cm³/mol. The van der Waals surface area contributed by atoms with Crippen LogP contribution in [0.2, 0.25) is 0 Å². The van der Waals surface area contributed by atoms with Gasteiger partial charge in [-0.3, -0.25) is 0 Å². The Hall–Kier alpha value is -0.0800. The molecule has 0 heterocycles. The van der Waals surface area contributed by atoms with E-state index in [0.717, 1.165) is 12.5 Å². The first-order valence-electron chi connectivity index (χ1n) is 7.51. The van der Waals surface area contributed by atoms with Crippen LogP contribution in [0.5, 0.6) is 0 Å². The molecule has 0 saturated heterocycles. The van der Waals surface area contributed by atoms with E-state index in [1.54, 1.807) is 0 Å². The van der Waals surface area contributed by atoms with Crippen LogP contribution >= 0.6 is 0 Å². The Balaban J connectivity index is 2.41. The quantitative estimate of drug-likeness (QED) is 0.716. The van der Waals surface area contributed by atoms with E-state index >= 15 is 0 Å². The van der Waals surface area contributed by atoms with Gasteiger partial charge in [0.25, 0.3) is 0 Å². The van der Waals surface area contributed by atoms with Gasteiger partial charge >= 0.3 is 0 Å². The van der Waals surface area contributed by atoms with Crippen molar-refractivity contribution in [2.45, 2.75) is 71.8 Å². The van der Waals surface area contributed by atoms with Crippen molar-refractivity contribution in [1.82, 2.24) is 5.32 Å². The zero-order chi connectivity index (χ0) is 12.7. The number of nitrogens with one attached hydrogen (secondary N) is 1. The van der Waals surface area contributed by atoms with Crippen LogP contribution in [0.1, 0.15) is 65.7 Å². The molecule has 0 spiro atoms. The Labute approximate surface area is 107 Å². The van der Waals surface area contributed by atoms with Crippen LogP contribution in [0.15, 0.2) is 0 Å². The highest BCUT2D eigenvalue weighted by atomic mass is 16.3. The molecule has 1 fully saturated rings. The first-order valence-corrected chi connectivity index (χ1v) is 7.51. The van der Waals surface area contributed by atoms with E-state index in [4.69, 9.17) is 0 Å². The van der Waals surface area contributed by atoms with Crippen molar-refractivity contribution in [3.05, 3.63) is 0 Å². The van der Waals surface area contributed by atoms with Gasteiger partial charge in [0.2, 0.25) is 0 Å². The summed E-state index contributed by atoms with van der Waals surface area (Å²) in [5.41, 5.74) is 0.179. The summed E-state index contributed by atoms with van der Waals surface area (Å²) in [5, 5.41) is 13.4. The predicted octanol–water partition coefficient (Wildman–Crippen LogP) is 3.34. The van der Waals surface area contributed by atoms with Gasteiger partial charge in [-0.2, -0.15) is 0 Å². The van der Waals surface area contributed by atoms with Crippen molar-refractivity contribution in [2.24, 2.45) is 11.3 Å². The molecule has 0 radical (unpaired) electrons. The molecule has 1 aliphatic carbocycles. The monoisotopic (exact) mass is 241 g/mol. The molecule has 0 aromatic heterocycles. The van der Waals surface area contributed by atoms with Gasteiger partial charge in [0.05, 0.1) is 0 Å². The molecule has 1 saturated carbocycles. The fourth-order valence-corrected chi connectivity index (χ4v) is 3.23. The van der Waals surface area contributed by atoms with Gasteiger partial charge in [-0.1, -0.05) is 46.0 Å². The van der Waals surface area contributed by atoms with Gasteiger partial charge < -0.3 is 10.4 Å². The Kier molecular flexibility index (Phi) is 6.50. The second-order valence-corrected chi connectivity index (χ2v) is 5.96. The third-order valence-electron chi connectivity index (χ3n) is 4.80. The van der Waals surface area contributed by atoms with E-state index in [1.807, 2.05) is 0 Å². The summed E-state index contributed by atoms with van der Waals surface area (Å²) >= 11 is 0. The lowest BCUT2D eigenvalue weighted by Crippen LogP contribution is -2.44. The summed E-state index contributed by atoms with van der Waals surface area (Å²) in [5.74, 6) is 0.773. The molecule has 0 aliphatic heterocycles. The Morgan fingerprint density at radius 3 is 2.18 bits per heavy atom. The van der Waals surface area contributed by atoms with E-state index in [2.05, 4.69) is 26.1 Å². The zero-order valence-electron chi connectivity index (χ0n) is 12.0. The summed E-state index contributed by atoms with van der Waals surface area (Å²) in [4.78, 5) is 0. The SMILES string of the molecule is CCC(CC)C(C)NCC1(CO)CCCCC1. The van der Waals surface area contributed by atoms with Crippen LogP contribution < -0.4 is 5.32 Å². The lowest BCUT2D eigenvalue weighted by molar-refractivity contribution is 0.0761. The molecule has 1 aliphatic rings. The van der Waals surface area contributed by atoms with Crippen molar-refractivity contribution < 1.29 is 5.11 Å². The molecule has 2 nitrogen and oxygen atoms in total. The van der Waals surface area contributed by atoms with Gasteiger partial charge in [0.1, 0.15) is 0 Å². The first-order chi connectivity index (χ1) is 8.17. The Bertz CT molecular complexity index is 195. The average Bonchev–Trinajstić information content (AvgIpc) is 2.39. The van der Waals surface area contributed by atoms with Crippen LogP contribution in [-0.4, -0.2) is 24.3 Å². The lowest BCUT2D eigenvalue weighted by Gasteiger charge is -2.37. The van der Waals surface area contributed by atoms with Gasteiger partial charge in [0, 0.05) is 24.6 Å². The van der Waals surface area contributed by atoms with Gasteiger partial charge in [-0.15, -0.1) is 0 Å². The lowest BCUT2D eigenvalue weighted by atomic mass is 9.74. The van der Waals surface area contributed by atoms with Gasteiger partial charge in [0.15, 0.2) is 0 Å². The fraction of sp³-hybridized carbons (Fsp3) is 1.00. The molecule has 0 bridgehead atoms. The maximum Gasteiger partial charge on any atom is 0.0499 e. The molecule has 2 N–H and O–H groups in total. The average molecular weight is 241 g/mol. The summed E-state index contributed by atoms with van der Waals surface area (Å²) in [6.45, 7) is 8.20. The van der Waals surface area contributed by atoms with E-state index in [1.165, 1.54) is 44.9 Å². The minimum atomic E-state index is 0.179. The van der Waals surface area contributed by atoms with Crippen LogP contribution in [0.4, 0.5) is 0 Å². The topological polar surface area (TPSA) is 32.3 Å². The van der Waals surface area contributed by atoms with Crippen molar-refractivity contribution in [3.8, 4) is 0 Å². The molecule has 17 heavy (non-hydrogen) atoms. The van der Waals surface area contributed by atoms with Crippen molar-refractivity contribution in [2.75, 3.05) is 13.2 Å². The molecule has 2 heteroatoms. The molecular formula is C15H31NO. The second-order valence-electron chi connectivity index (χ2n) is 5.96. The van der Waals surface area contributed by atoms with E-state index < -0.39 is 0 Å². The minimum absolute atomic E-state index is 0.179. The van der Waals surface area contributed by atoms with Crippen molar-refractivity contribution >= 4 is 0 Å². The molecule has 1 unspecified atom stereocenters. The number of rotatable bonds is 7. The van der Waals surface area contributed by atoms with Crippen LogP contribution in [-0.2, 0) is 0 Å². The molecule has 0 aromatic rings. The summed E-state index contributed by atoms with van der Waals surface area (Å²) in [7, 11) is 0. The van der Waals surface area contributed by atoms with Gasteiger partial charge in [-0.05, 0) is 25.7 Å². The molecule has 1 rings (SSSR count). The highest BCUT2D eigenvalue weighted by Crippen LogP contribution is 2.35. The van der Waals surface area contributed by atoms with Crippen molar-refractivity contribution in [3.63, 3.8) is 0 Å². The van der Waals surface area contributed by atoms with Crippen LogP contribution in [0, 0.1) is 11.3 Å². The zero-order valence-corrected chi connectivity index (χ0v) is 12.0. The number of aliphatic hydroxyl groups is 1. The number of aliphatic hydroxyl groups excluding tert-OH is 1. The number of hydrogen-bond donors (Lipinski definition) is 2. The summed E-state index contributed by atoms with van der Waals surface area (Å²) < 4.78 is 0. The molecule has 1 atom stereocenters. The number of hydrogen-bond acceptors (Lipinski definition) is 2. The molecule has 0 amide bonds. The smallest absolute Gasteiger partial charge is 0.0499 e. The minimum Gasteiger partial charge on any atom is -0.396 e. The van der Waals surface area contributed by atoms with Crippen LogP contribution in [0.3, 0.4) is 0 Å². The Morgan fingerprint density at radius 1 is 1.12 bits per heavy atom. The van der Waals surface area contributed by atoms with Crippen molar-refractivity contribution in [1.29, 1.82) is 0 Å². The van der Waals surface area contributed by atoms with E-state index in [0.29, 0.717) is 12.6 Å². The fourth-order valence-electron chi connectivity index (χ4n) is 3.23. The summed E-state index contributed by atoms with van der Waals surface area (Å²) in [6, 6.07) is 0.579. The van der Waals surface area contributed by atoms with Gasteiger partial charge in [-0.25, -0.2) is 0 Å². The maximum atomic E-state index is 9.67. The first kappa shape index (κ1) is 15.0. The standard InChI is InChI=1S/C15H31NO/c1-4-14(5-2)13(3)16-11-15(12-17)9-7-6-8-10-15/h13-14,16-17H,4-12H2,1-3H3. The highest BCUT2D eigenvalue weighted by Gasteiger charge is 2.31. The highest BCUT2D eigenvalue weighted by molar-refractivity contribution is 4.86. The summed E-state index contributed by atoms with van der Waals surface area (Å²) in [6.07, 6.45) is 8.83. The second kappa shape index (κ2) is 7.38. The Morgan fingerprint density at radius 2 is 1.71 bits per heavy atom. The molecule has 102 valence electrons. The third kappa shape index (κ3) is 4.26. The van der Waals surface area contributed by atoms with E-state index in [9.17, 15) is 5.11 Å². The van der Waals surface area contributed by atoms with Crippen LogP contribution in [0.25, 0.3) is 0 Å². The molecular weight excluding hydrogens is 210 g/mol. The largest absolute Gasteiger partial charge is 0.396 e. The third-order valence-corrected chi connectivity index (χ3v) is 4.80. The normalized spacial score (nSPS) is 21.7. The van der Waals surface area contributed by atoms with E-state index in [-0.39, 0.29) is 5.41 Å². The maximum absolute atomic E-state index is 9.67.